The van der Waals surface area contributed by atoms with Gasteiger partial charge in [0, 0.05) is 31.5 Å². The Morgan fingerprint density at radius 1 is 0.966 bits per heavy atom. The Labute approximate surface area is 174 Å². The van der Waals surface area contributed by atoms with Crippen LogP contribution in [0.1, 0.15) is 71.6 Å². The molecular weight excluding hydrogens is 366 g/mol. The number of carbonyl (C=O) groups is 3. The smallest absolute Gasteiger partial charge is 0.245 e. The summed E-state index contributed by atoms with van der Waals surface area (Å²) >= 11 is 0. The van der Waals surface area contributed by atoms with Crippen LogP contribution in [0, 0.1) is 29.1 Å². The highest BCUT2D eigenvalue weighted by atomic mass is 16.2. The minimum absolute atomic E-state index is 0.0310. The van der Waals surface area contributed by atoms with Crippen LogP contribution < -0.4 is 10.6 Å². The summed E-state index contributed by atoms with van der Waals surface area (Å²) in [5, 5.41) is 5.98. The zero-order valence-corrected chi connectivity index (χ0v) is 18.0. The second-order valence-electron chi connectivity index (χ2n) is 10.5. The van der Waals surface area contributed by atoms with E-state index < -0.39 is 6.04 Å². The fourth-order valence-electron chi connectivity index (χ4n) is 6.76. The quantitative estimate of drug-likeness (QED) is 0.685. The maximum absolute atomic E-state index is 13.0. The molecule has 1 aliphatic heterocycles. The molecular formula is C23H37N3O3. The highest BCUT2D eigenvalue weighted by Crippen LogP contribution is 2.60. The van der Waals surface area contributed by atoms with Crippen molar-refractivity contribution in [3.05, 3.63) is 0 Å². The van der Waals surface area contributed by atoms with Gasteiger partial charge in [0.1, 0.15) is 6.04 Å². The summed E-state index contributed by atoms with van der Waals surface area (Å²) in [4.78, 5) is 40.0. The number of amides is 3. The van der Waals surface area contributed by atoms with Crippen LogP contribution in [0.4, 0.5) is 0 Å². The average molecular weight is 404 g/mol. The van der Waals surface area contributed by atoms with Gasteiger partial charge in [-0.05, 0) is 75.0 Å². The van der Waals surface area contributed by atoms with Crippen molar-refractivity contribution in [1.82, 2.24) is 15.5 Å². The molecule has 4 saturated carbocycles. The van der Waals surface area contributed by atoms with E-state index in [1.807, 2.05) is 18.7 Å². The molecule has 5 rings (SSSR count). The number of likely N-dealkylation sites (tertiary alicyclic amines) is 1. The first-order chi connectivity index (χ1) is 13.9. The Kier molecular flexibility index (Phi) is 5.90. The molecule has 6 nitrogen and oxygen atoms in total. The fourth-order valence-corrected chi connectivity index (χ4v) is 6.76. The zero-order valence-electron chi connectivity index (χ0n) is 18.0. The molecule has 0 radical (unpaired) electrons. The Morgan fingerprint density at radius 3 is 2.03 bits per heavy atom. The van der Waals surface area contributed by atoms with Crippen molar-refractivity contribution in [2.24, 2.45) is 29.1 Å². The molecule has 2 N–H and O–H groups in total. The van der Waals surface area contributed by atoms with Crippen molar-refractivity contribution in [2.75, 3.05) is 19.6 Å². The van der Waals surface area contributed by atoms with Crippen LogP contribution >= 0.6 is 0 Å². The van der Waals surface area contributed by atoms with E-state index in [1.54, 1.807) is 0 Å². The van der Waals surface area contributed by atoms with E-state index in [4.69, 9.17) is 0 Å². The lowest BCUT2D eigenvalue weighted by Gasteiger charge is -2.55. The summed E-state index contributed by atoms with van der Waals surface area (Å²) in [6.07, 6.45) is 9.38. The van der Waals surface area contributed by atoms with Gasteiger partial charge < -0.3 is 15.5 Å². The van der Waals surface area contributed by atoms with Gasteiger partial charge in [0.15, 0.2) is 0 Å². The number of nitrogens with zero attached hydrogens (tertiary/aromatic N) is 1. The predicted molar refractivity (Wildman–Crippen MR) is 111 cm³/mol. The summed E-state index contributed by atoms with van der Waals surface area (Å²) in [6, 6.07) is -0.473. The van der Waals surface area contributed by atoms with Crippen molar-refractivity contribution in [3.8, 4) is 0 Å². The van der Waals surface area contributed by atoms with E-state index in [9.17, 15) is 14.4 Å². The third-order valence-electron chi connectivity index (χ3n) is 7.82. The molecule has 4 bridgehead atoms. The molecule has 3 amide bonds. The predicted octanol–water partition coefficient (Wildman–Crippen LogP) is 2.47. The zero-order chi connectivity index (χ0) is 20.6. The lowest BCUT2D eigenvalue weighted by Crippen LogP contribution is -2.54. The highest BCUT2D eigenvalue weighted by Gasteiger charge is 2.54. The largest absolute Gasteiger partial charge is 0.355 e. The Hall–Kier alpha value is -1.59. The van der Waals surface area contributed by atoms with E-state index in [2.05, 4.69) is 10.6 Å². The van der Waals surface area contributed by atoms with Gasteiger partial charge in [-0.2, -0.15) is 0 Å². The maximum Gasteiger partial charge on any atom is 0.245 e. The van der Waals surface area contributed by atoms with E-state index in [0.717, 1.165) is 62.9 Å². The first-order valence-electron chi connectivity index (χ1n) is 11.7. The molecule has 29 heavy (non-hydrogen) atoms. The Morgan fingerprint density at radius 2 is 1.52 bits per heavy atom. The minimum Gasteiger partial charge on any atom is -0.355 e. The molecule has 1 saturated heterocycles. The normalized spacial score (nSPS) is 33.8. The Bertz CT molecular complexity index is 618. The van der Waals surface area contributed by atoms with Crippen molar-refractivity contribution >= 4 is 17.7 Å². The fraction of sp³-hybridized carbons (Fsp3) is 0.870. The van der Waals surface area contributed by atoms with Crippen LogP contribution in [-0.4, -0.2) is 48.3 Å². The summed E-state index contributed by atoms with van der Waals surface area (Å²) in [6.45, 7) is 5.87. The van der Waals surface area contributed by atoms with Crippen LogP contribution in [0.25, 0.3) is 0 Å². The monoisotopic (exact) mass is 403 g/mol. The molecule has 0 aromatic heterocycles. The third-order valence-corrected chi connectivity index (χ3v) is 7.82. The third kappa shape index (κ3) is 4.31. The number of hydrogen-bond acceptors (Lipinski definition) is 3. The molecule has 162 valence electrons. The van der Waals surface area contributed by atoms with Gasteiger partial charge in [-0.15, -0.1) is 0 Å². The van der Waals surface area contributed by atoms with Gasteiger partial charge in [-0.3, -0.25) is 14.4 Å². The minimum atomic E-state index is -0.473. The van der Waals surface area contributed by atoms with Gasteiger partial charge in [0.25, 0.3) is 0 Å². The number of carbonyl (C=O) groups excluding carboxylic acids is 3. The average Bonchev–Trinajstić information content (AvgIpc) is 3.19. The van der Waals surface area contributed by atoms with Crippen molar-refractivity contribution in [3.63, 3.8) is 0 Å². The summed E-state index contributed by atoms with van der Waals surface area (Å²) < 4.78 is 0. The SMILES string of the molecule is CC(C)[C@H](NC(=O)CCNC(=O)C12CC3CC(CC(C3)C1)C2)C(=O)N1CCCC1. The molecule has 4 aliphatic carbocycles. The summed E-state index contributed by atoms with van der Waals surface area (Å²) in [7, 11) is 0. The number of hydrogen-bond donors (Lipinski definition) is 2. The van der Waals surface area contributed by atoms with Crippen molar-refractivity contribution in [1.29, 1.82) is 0 Å². The molecule has 5 fully saturated rings. The standard InChI is InChI=1S/C23H37N3O3/c1-15(2)20(21(28)26-7-3-4-8-26)25-19(27)5-6-24-22(29)23-12-16-9-17(13-23)11-18(10-16)14-23/h15-18,20H,3-14H2,1-2H3,(H,24,29)(H,25,27)/t16?,17?,18?,20-,23?/m0/s1. The molecule has 0 aromatic rings. The highest BCUT2D eigenvalue weighted by molar-refractivity contribution is 5.88. The van der Waals surface area contributed by atoms with Gasteiger partial charge >= 0.3 is 0 Å². The number of rotatable bonds is 7. The van der Waals surface area contributed by atoms with Crippen molar-refractivity contribution in [2.45, 2.75) is 77.7 Å². The van der Waals surface area contributed by atoms with Crippen LogP contribution in [0.15, 0.2) is 0 Å². The first-order valence-corrected chi connectivity index (χ1v) is 11.7. The summed E-state index contributed by atoms with van der Waals surface area (Å²) in [5.41, 5.74) is -0.169. The van der Waals surface area contributed by atoms with Gasteiger partial charge in [0.05, 0.1) is 0 Å². The second kappa shape index (κ2) is 8.27. The first kappa shape index (κ1) is 20.7. The Balaban J connectivity index is 1.25. The molecule has 1 atom stereocenters. The lowest BCUT2D eigenvalue weighted by molar-refractivity contribution is -0.146. The lowest BCUT2D eigenvalue weighted by atomic mass is 9.49. The van der Waals surface area contributed by atoms with Crippen LogP contribution in [-0.2, 0) is 14.4 Å². The van der Waals surface area contributed by atoms with Crippen molar-refractivity contribution < 1.29 is 14.4 Å². The van der Waals surface area contributed by atoms with E-state index in [0.29, 0.717) is 6.54 Å². The van der Waals surface area contributed by atoms with Gasteiger partial charge in [-0.25, -0.2) is 0 Å². The van der Waals surface area contributed by atoms with Crippen LogP contribution in [0.2, 0.25) is 0 Å². The molecule has 0 spiro atoms. The molecule has 6 heteroatoms. The van der Waals surface area contributed by atoms with Crippen LogP contribution in [0.3, 0.4) is 0 Å². The molecule has 0 aromatic carbocycles. The molecule has 0 unspecified atom stereocenters. The topological polar surface area (TPSA) is 78.5 Å². The van der Waals surface area contributed by atoms with E-state index in [1.165, 1.54) is 19.3 Å². The second-order valence-corrected chi connectivity index (χ2v) is 10.5. The van der Waals surface area contributed by atoms with Gasteiger partial charge in [0.2, 0.25) is 17.7 Å². The maximum atomic E-state index is 13.0. The van der Waals surface area contributed by atoms with E-state index in [-0.39, 0.29) is 35.5 Å². The number of nitrogens with one attached hydrogen (secondary N) is 2. The van der Waals surface area contributed by atoms with Crippen LogP contribution in [0.5, 0.6) is 0 Å². The van der Waals surface area contributed by atoms with E-state index >= 15 is 0 Å². The molecule has 5 aliphatic rings. The molecule has 1 heterocycles. The van der Waals surface area contributed by atoms with Gasteiger partial charge in [-0.1, -0.05) is 13.8 Å². The summed E-state index contributed by atoms with van der Waals surface area (Å²) in [5.74, 6) is 2.30.